The number of halogens is 3. The van der Waals surface area contributed by atoms with Crippen LogP contribution in [0.25, 0.3) is 0 Å². The van der Waals surface area contributed by atoms with E-state index in [1.54, 1.807) is 0 Å². The number of alkyl halides is 2. The number of carbonyl (C=O) groups is 1. The van der Waals surface area contributed by atoms with Gasteiger partial charge in [-0.05, 0) is 12.1 Å². The van der Waals surface area contributed by atoms with Crippen LogP contribution in [0.2, 0.25) is 0 Å². The SMILES string of the molecule is O=C(NCC(F)(F)CO)c1cccc(F)n1. The summed E-state index contributed by atoms with van der Waals surface area (Å²) in [6.07, 6.45) is 0. The number of amides is 1. The Hall–Kier alpha value is -1.63. The van der Waals surface area contributed by atoms with Gasteiger partial charge in [-0.25, -0.2) is 13.8 Å². The van der Waals surface area contributed by atoms with Crippen molar-refractivity contribution >= 4 is 5.91 Å². The lowest BCUT2D eigenvalue weighted by molar-refractivity contribution is -0.0462. The summed E-state index contributed by atoms with van der Waals surface area (Å²) in [6.45, 7) is -2.40. The standard InChI is InChI=1S/C9H9F3N2O2/c10-7-3-1-2-6(14-7)8(16)13-4-9(11,12)5-15/h1-3,15H,4-5H2,(H,13,16). The summed E-state index contributed by atoms with van der Waals surface area (Å²) in [4.78, 5) is 14.4. The van der Waals surface area contributed by atoms with Gasteiger partial charge in [0.2, 0.25) is 5.95 Å². The lowest BCUT2D eigenvalue weighted by atomic mass is 10.3. The van der Waals surface area contributed by atoms with Crippen LogP contribution in [0.4, 0.5) is 13.2 Å². The highest BCUT2D eigenvalue weighted by atomic mass is 19.3. The molecule has 0 atom stereocenters. The van der Waals surface area contributed by atoms with Crippen LogP contribution in [-0.4, -0.2) is 35.1 Å². The predicted molar refractivity (Wildman–Crippen MR) is 48.6 cm³/mol. The summed E-state index contributed by atoms with van der Waals surface area (Å²) < 4.78 is 37.7. The van der Waals surface area contributed by atoms with Crippen molar-refractivity contribution < 1.29 is 23.1 Å². The highest BCUT2D eigenvalue weighted by molar-refractivity contribution is 5.92. The quantitative estimate of drug-likeness (QED) is 0.749. The third kappa shape index (κ3) is 3.50. The summed E-state index contributed by atoms with van der Waals surface area (Å²) in [6, 6.07) is 3.45. The molecule has 0 unspecified atom stereocenters. The number of aliphatic hydroxyl groups excluding tert-OH is 1. The summed E-state index contributed by atoms with van der Waals surface area (Å²) in [5, 5.41) is 10.1. The van der Waals surface area contributed by atoms with Crippen LogP contribution >= 0.6 is 0 Å². The Balaban J connectivity index is 2.60. The summed E-state index contributed by atoms with van der Waals surface area (Å²) >= 11 is 0. The second kappa shape index (κ2) is 4.93. The van der Waals surface area contributed by atoms with Gasteiger partial charge in [0.1, 0.15) is 12.3 Å². The fraction of sp³-hybridized carbons (Fsp3) is 0.333. The molecule has 0 saturated carbocycles. The van der Waals surface area contributed by atoms with Gasteiger partial charge in [-0.1, -0.05) is 6.07 Å². The van der Waals surface area contributed by atoms with Crippen molar-refractivity contribution in [3.63, 3.8) is 0 Å². The molecule has 1 rings (SSSR count). The van der Waals surface area contributed by atoms with Gasteiger partial charge in [0.05, 0.1) is 6.54 Å². The molecule has 0 spiro atoms. The number of pyridine rings is 1. The maximum absolute atomic E-state index is 12.6. The third-order valence-electron chi connectivity index (χ3n) is 1.69. The molecule has 1 heterocycles. The molecular weight excluding hydrogens is 225 g/mol. The van der Waals surface area contributed by atoms with E-state index in [2.05, 4.69) is 4.98 Å². The van der Waals surface area contributed by atoms with Crippen molar-refractivity contribution in [1.29, 1.82) is 0 Å². The molecule has 0 aliphatic heterocycles. The minimum atomic E-state index is -3.40. The lowest BCUT2D eigenvalue weighted by Crippen LogP contribution is -2.39. The van der Waals surface area contributed by atoms with Crippen LogP contribution in [0.5, 0.6) is 0 Å². The Bertz CT molecular complexity index is 385. The van der Waals surface area contributed by atoms with E-state index in [9.17, 15) is 18.0 Å². The molecule has 88 valence electrons. The van der Waals surface area contributed by atoms with Crippen LogP contribution in [0.15, 0.2) is 18.2 Å². The summed E-state index contributed by atoms with van der Waals surface area (Å²) in [5.74, 6) is -5.20. The van der Waals surface area contributed by atoms with E-state index in [1.807, 2.05) is 5.32 Å². The molecule has 0 aliphatic rings. The number of aliphatic hydroxyl groups is 1. The molecule has 7 heteroatoms. The Morgan fingerprint density at radius 1 is 1.50 bits per heavy atom. The lowest BCUT2D eigenvalue weighted by Gasteiger charge is -2.13. The fourth-order valence-corrected chi connectivity index (χ4v) is 0.891. The first-order chi connectivity index (χ1) is 7.44. The number of nitrogens with one attached hydrogen (secondary N) is 1. The van der Waals surface area contributed by atoms with Crippen LogP contribution in [0.1, 0.15) is 10.5 Å². The van der Waals surface area contributed by atoms with Gasteiger partial charge in [-0.3, -0.25) is 4.79 Å². The van der Waals surface area contributed by atoms with E-state index < -0.39 is 30.9 Å². The third-order valence-corrected chi connectivity index (χ3v) is 1.69. The molecule has 0 radical (unpaired) electrons. The zero-order chi connectivity index (χ0) is 12.2. The Morgan fingerprint density at radius 2 is 2.19 bits per heavy atom. The van der Waals surface area contributed by atoms with Crippen molar-refractivity contribution in [2.75, 3.05) is 13.2 Å². The maximum atomic E-state index is 12.6. The second-order valence-corrected chi connectivity index (χ2v) is 3.04. The predicted octanol–water partition coefficient (Wildman–Crippen LogP) is 0.578. The Kier molecular flexibility index (Phi) is 3.83. The highest BCUT2D eigenvalue weighted by Gasteiger charge is 2.28. The topological polar surface area (TPSA) is 62.2 Å². The van der Waals surface area contributed by atoms with Crippen molar-refractivity contribution in [3.05, 3.63) is 29.8 Å². The van der Waals surface area contributed by atoms with Gasteiger partial charge in [-0.2, -0.15) is 4.39 Å². The van der Waals surface area contributed by atoms with Crippen molar-refractivity contribution in [2.45, 2.75) is 5.92 Å². The van der Waals surface area contributed by atoms with E-state index in [4.69, 9.17) is 5.11 Å². The van der Waals surface area contributed by atoms with Gasteiger partial charge in [0.25, 0.3) is 11.8 Å². The summed E-state index contributed by atoms with van der Waals surface area (Å²) in [5.41, 5.74) is -0.297. The first-order valence-electron chi connectivity index (χ1n) is 4.34. The molecule has 4 nitrogen and oxygen atoms in total. The average molecular weight is 234 g/mol. The van der Waals surface area contributed by atoms with E-state index >= 15 is 0 Å². The number of nitrogens with zero attached hydrogens (tertiary/aromatic N) is 1. The molecule has 0 saturated heterocycles. The Labute approximate surface area is 89.1 Å². The molecule has 0 fully saturated rings. The first-order valence-corrected chi connectivity index (χ1v) is 4.34. The molecule has 0 aromatic carbocycles. The summed E-state index contributed by atoms with van der Waals surface area (Å²) in [7, 11) is 0. The number of carbonyl (C=O) groups excluding carboxylic acids is 1. The normalized spacial score (nSPS) is 11.2. The molecule has 16 heavy (non-hydrogen) atoms. The molecule has 1 amide bonds. The largest absolute Gasteiger partial charge is 0.390 e. The van der Waals surface area contributed by atoms with Crippen LogP contribution < -0.4 is 5.32 Å². The molecule has 0 aliphatic carbocycles. The van der Waals surface area contributed by atoms with Crippen LogP contribution in [-0.2, 0) is 0 Å². The van der Waals surface area contributed by atoms with E-state index in [0.717, 1.165) is 6.07 Å². The number of hydrogen-bond donors (Lipinski definition) is 2. The molecule has 2 N–H and O–H groups in total. The van der Waals surface area contributed by atoms with Gasteiger partial charge in [-0.15, -0.1) is 0 Å². The van der Waals surface area contributed by atoms with E-state index in [1.165, 1.54) is 12.1 Å². The second-order valence-electron chi connectivity index (χ2n) is 3.04. The van der Waals surface area contributed by atoms with Crippen LogP contribution in [0.3, 0.4) is 0 Å². The van der Waals surface area contributed by atoms with Gasteiger partial charge < -0.3 is 10.4 Å². The number of aromatic nitrogens is 1. The molecule has 1 aromatic rings. The Morgan fingerprint density at radius 3 is 2.75 bits per heavy atom. The van der Waals surface area contributed by atoms with Crippen LogP contribution in [0, 0.1) is 5.95 Å². The first kappa shape index (κ1) is 12.4. The highest BCUT2D eigenvalue weighted by Crippen LogP contribution is 2.10. The van der Waals surface area contributed by atoms with Gasteiger partial charge >= 0.3 is 0 Å². The number of hydrogen-bond acceptors (Lipinski definition) is 3. The van der Waals surface area contributed by atoms with Gasteiger partial charge in [0, 0.05) is 0 Å². The smallest absolute Gasteiger partial charge is 0.287 e. The average Bonchev–Trinajstić information content (AvgIpc) is 2.26. The van der Waals surface area contributed by atoms with Crippen molar-refractivity contribution in [1.82, 2.24) is 10.3 Å². The minimum Gasteiger partial charge on any atom is -0.390 e. The van der Waals surface area contributed by atoms with Crippen molar-refractivity contribution in [2.24, 2.45) is 0 Å². The number of rotatable bonds is 4. The molecular formula is C9H9F3N2O2. The van der Waals surface area contributed by atoms with Crippen molar-refractivity contribution in [3.8, 4) is 0 Å². The zero-order valence-corrected chi connectivity index (χ0v) is 8.08. The zero-order valence-electron chi connectivity index (χ0n) is 8.08. The minimum absolute atomic E-state index is 0.297. The van der Waals surface area contributed by atoms with E-state index in [-0.39, 0.29) is 5.69 Å². The monoisotopic (exact) mass is 234 g/mol. The fourth-order valence-electron chi connectivity index (χ4n) is 0.891. The van der Waals surface area contributed by atoms with Gasteiger partial charge in [0.15, 0.2) is 0 Å². The molecule has 1 aromatic heterocycles. The maximum Gasteiger partial charge on any atom is 0.287 e. The molecule has 0 bridgehead atoms. The van der Waals surface area contributed by atoms with E-state index in [0.29, 0.717) is 0 Å².